The van der Waals surface area contributed by atoms with Gasteiger partial charge in [-0.2, -0.15) is 4.31 Å². The molecule has 2 aromatic heterocycles. The summed E-state index contributed by atoms with van der Waals surface area (Å²) in [6, 6.07) is 10.5. The van der Waals surface area contributed by atoms with E-state index in [1.807, 2.05) is 19.1 Å². The molecule has 0 radical (unpaired) electrons. The molecule has 8 heteroatoms. The van der Waals surface area contributed by atoms with Gasteiger partial charge in [0, 0.05) is 31.9 Å². The molecule has 1 fully saturated rings. The summed E-state index contributed by atoms with van der Waals surface area (Å²) in [6.45, 7) is 3.71. The zero-order chi connectivity index (χ0) is 19.7. The Morgan fingerprint density at radius 3 is 2.93 bits per heavy atom. The molecular formula is C20H24N4O3S. The van der Waals surface area contributed by atoms with E-state index in [0.29, 0.717) is 25.4 Å². The standard InChI is InChI=1S/C20H24N4O3S/c1-15-22-19-9-4-10-21-20(19)24(15)14-16-6-5-11-23(13-16)28(25,26)18-8-3-7-17(12-18)27-2/h3-4,7-10,12,16H,5-6,11,13-14H2,1-2H3. The molecule has 1 atom stereocenters. The normalized spacial score (nSPS) is 18.4. The Hall–Kier alpha value is -2.45. The number of methoxy groups -OCH3 is 1. The van der Waals surface area contributed by atoms with E-state index >= 15 is 0 Å². The van der Waals surface area contributed by atoms with Crippen molar-refractivity contribution in [2.75, 3.05) is 20.2 Å². The number of piperidine rings is 1. The third-order valence-electron chi connectivity index (χ3n) is 5.30. The smallest absolute Gasteiger partial charge is 0.243 e. The lowest BCUT2D eigenvalue weighted by Gasteiger charge is -2.32. The highest BCUT2D eigenvalue weighted by Crippen LogP contribution is 2.27. The number of hydrogen-bond donors (Lipinski definition) is 0. The quantitative estimate of drug-likeness (QED) is 0.658. The number of aryl methyl sites for hydroxylation is 1. The molecule has 0 amide bonds. The minimum Gasteiger partial charge on any atom is -0.497 e. The van der Waals surface area contributed by atoms with Gasteiger partial charge in [-0.3, -0.25) is 0 Å². The predicted molar refractivity (Wildman–Crippen MR) is 107 cm³/mol. The van der Waals surface area contributed by atoms with Crippen LogP contribution in [0.25, 0.3) is 11.2 Å². The topological polar surface area (TPSA) is 77.3 Å². The van der Waals surface area contributed by atoms with Crippen LogP contribution in [0.2, 0.25) is 0 Å². The van der Waals surface area contributed by atoms with Gasteiger partial charge in [-0.25, -0.2) is 18.4 Å². The molecule has 3 heterocycles. The van der Waals surface area contributed by atoms with E-state index in [-0.39, 0.29) is 10.8 Å². The summed E-state index contributed by atoms with van der Waals surface area (Å²) in [5.41, 5.74) is 1.73. The number of sulfonamides is 1. The second-order valence-electron chi connectivity index (χ2n) is 7.17. The Bertz CT molecular complexity index is 1090. The molecule has 0 spiro atoms. The van der Waals surface area contributed by atoms with Crippen molar-refractivity contribution in [2.24, 2.45) is 5.92 Å². The minimum absolute atomic E-state index is 0.215. The third-order valence-corrected chi connectivity index (χ3v) is 7.16. The summed E-state index contributed by atoms with van der Waals surface area (Å²) in [5.74, 6) is 1.66. The first-order valence-corrected chi connectivity index (χ1v) is 10.8. The maximum Gasteiger partial charge on any atom is 0.243 e. The van der Waals surface area contributed by atoms with Crippen molar-refractivity contribution in [3.8, 4) is 5.75 Å². The van der Waals surface area contributed by atoms with Gasteiger partial charge in [-0.15, -0.1) is 0 Å². The van der Waals surface area contributed by atoms with Gasteiger partial charge < -0.3 is 9.30 Å². The number of hydrogen-bond acceptors (Lipinski definition) is 5. The van der Waals surface area contributed by atoms with Crippen LogP contribution in [0.4, 0.5) is 0 Å². The number of aromatic nitrogens is 3. The zero-order valence-electron chi connectivity index (χ0n) is 16.1. The highest BCUT2D eigenvalue weighted by molar-refractivity contribution is 7.89. The summed E-state index contributed by atoms with van der Waals surface area (Å²) < 4.78 is 35.1. The van der Waals surface area contributed by atoms with Crippen molar-refractivity contribution in [2.45, 2.75) is 31.2 Å². The van der Waals surface area contributed by atoms with Crippen molar-refractivity contribution in [3.05, 3.63) is 48.4 Å². The SMILES string of the molecule is COc1cccc(S(=O)(=O)N2CCCC(Cn3c(C)nc4cccnc43)C2)c1. The fraction of sp³-hybridized carbons (Fsp3) is 0.400. The largest absolute Gasteiger partial charge is 0.497 e. The molecule has 0 aliphatic carbocycles. The Balaban J connectivity index is 1.56. The molecule has 0 bridgehead atoms. The van der Waals surface area contributed by atoms with E-state index in [9.17, 15) is 8.42 Å². The second kappa shape index (κ2) is 7.52. The molecule has 148 valence electrons. The first-order chi connectivity index (χ1) is 13.5. The number of imidazole rings is 1. The Morgan fingerprint density at radius 2 is 2.11 bits per heavy atom. The molecule has 0 N–H and O–H groups in total. The van der Waals surface area contributed by atoms with E-state index in [2.05, 4.69) is 14.5 Å². The summed E-state index contributed by atoms with van der Waals surface area (Å²) in [5, 5.41) is 0. The average Bonchev–Trinajstić information content (AvgIpc) is 3.03. The summed E-state index contributed by atoms with van der Waals surface area (Å²) in [7, 11) is -2.01. The van der Waals surface area contributed by atoms with Crippen LogP contribution in [-0.4, -0.2) is 47.5 Å². The van der Waals surface area contributed by atoms with Crippen LogP contribution in [0.1, 0.15) is 18.7 Å². The number of nitrogens with zero attached hydrogens (tertiary/aromatic N) is 4. The van der Waals surface area contributed by atoms with Gasteiger partial charge in [-0.1, -0.05) is 6.07 Å². The molecule has 3 aromatic rings. The number of pyridine rings is 1. The molecule has 28 heavy (non-hydrogen) atoms. The second-order valence-corrected chi connectivity index (χ2v) is 9.10. The van der Waals surface area contributed by atoms with Crippen LogP contribution in [0.3, 0.4) is 0 Å². The lowest BCUT2D eigenvalue weighted by molar-refractivity contribution is 0.245. The van der Waals surface area contributed by atoms with Crippen LogP contribution in [0.15, 0.2) is 47.5 Å². The molecule has 7 nitrogen and oxygen atoms in total. The van der Waals surface area contributed by atoms with E-state index in [1.165, 1.54) is 7.11 Å². The van der Waals surface area contributed by atoms with Crippen LogP contribution in [-0.2, 0) is 16.6 Å². The predicted octanol–water partition coefficient (Wildman–Crippen LogP) is 2.85. The van der Waals surface area contributed by atoms with Gasteiger partial charge in [0.15, 0.2) is 5.65 Å². The maximum atomic E-state index is 13.1. The van der Waals surface area contributed by atoms with E-state index in [0.717, 1.165) is 29.8 Å². The molecule has 1 aliphatic rings. The third kappa shape index (κ3) is 3.49. The molecule has 1 saturated heterocycles. The lowest BCUT2D eigenvalue weighted by atomic mass is 9.99. The Kier molecular flexibility index (Phi) is 5.07. The first kappa shape index (κ1) is 18.9. The highest BCUT2D eigenvalue weighted by atomic mass is 32.2. The Labute approximate surface area is 165 Å². The molecule has 1 aliphatic heterocycles. The minimum atomic E-state index is -3.55. The molecule has 4 rings (SSSR count). The van der Waals surface area contributed by atoms with Crippen LogP contribution in [0, 0.1) is 12.8 Å². The van der Waals surface area contributed by atoms with Crippen LogP contribution >= 0.6 is 0 Å². The monoisotopic (exact) mass is 400 g/mol. The number of rotatable bonds is 5. The van der Waals surface area contributed by atoms with Gasteiger partial charge in [0.2, 0.25) is 10.0 Å². The van der Waals surface area contributed by atoms with Crippen LogP contribution in [0.5, 0.6) is 5.75 Å². The summed E-state index contributed by atoms with van der Waals surface area (Å²) in [4.78, 5) is 9.30. The maximum absolute atomic E-state index is 13.1. The van der Waals surface area contributed by atoms with Crippen molar-refractivity contribution in [1.29, 1.82) is 0 Å². The Morgan fingerprint density at radius 1 is 1.25 bits per heavy atom. The van der Waals surface area contributed by atoms with Gasteiger partial charge in [0.25, 0.3) is 0 Å². The van der Waals surface area contributed by atoms with Crippen LogP contribution < -0.4 is 4.74 Å². The number of benzene rings is 1. The average molecular weight is 401 g/mol. The molecule has 0 saturated carbocycles. The fourth-order valence-corrected chi connectivity index (χ4v) is 5.44. The molecule has 1 unspecified atom stereocenters. The summed E-state index contributed by atoms with van der Waals surface area (Å²) >= 11 is 0. The van der Waals surface area contributed by atoms with Crippen molar-refractivity contribution >= 4 is 21.2 Å². The first-order valence-electron chi connectivity index (χ1n) is 9.41. The summed E-state index contributed by atoms with van der Waals surface area (Å²) in [6.07, 6.45) is 3.59. The zero-order valence-corrected chi connectivity index (χ0v) is 16.9. The van der Waals surface area contributed by atoms with Crippen molar-refractivity contribution in [1.82, 2.24) is 18.8 Å². The van der Waals surface area contributed by atoms with Gasteiger partial charge in [0.05, 0.1) is 12.0 Å². The lowest BCUT2D eigenvalue weighted by Crippen LogP contribution is -2.41. The van der Waals surface area contributed by atoms with E-state index in [4.69, 9.17) is 4.74 Å². The fourth-order valence-electron chi connectivity index (χ4n) is 3.85. The van der Waals surface area contributed by atoms with E-state index in [1.54, 1.807) is 34.8 Å². The van der Waals surface area contributed by atoms with Gasteiger partial charge in [0.1, 0.15) is 17.1 Å². The highest BCUT2D eigenvalue weighted by Gasteiger charge is 2.31. The number of fused-ring (bicyclic) bond motifs is 1. The number of ether oxygens (including phenoxy) is 1. The van der Waals surface area contributed by atoms with Crippen molar-refractivity contribution < 1.29 is 13.2 Å². The van der Waals surface area contributed by atoms with Gasteiger partial charge in [-0.05, 0) is 49.9 Å². The molecule has 1 aromatic carbocycles. The van der Waals surface area contributed by atoms with Gasteiger partial charge >= 0.3 is 0 Å². The molecular weight excluding hydrogens is 376 g/mol. The van der Waals surface area contributed by atoms with Crippen molar-refractivity contribution in [3.63, 3.8) is 0 Å². The van der Waals surface area contributed by atoms with E-state index < -0.39 is 10.0 Å².